The largest absolute Gasteiger partial charge is 0.463 e. The molecular weight excluding hydrogens is 276 g/mol. The van der Waals surface area contributed by atoms with Gasteiger partial charge >= 0.3 is 0 Å². The predicted molar refractivity (Wildman–Crippen MR) is 77.3 cm³/mol. The van der Waals surface area contributed by atoms with Crippen molar-refractivity contribution >= 4 is 35.4 Å². The molecule has 1 aromatic carbocycles. The van der Waals surface area contributed by atoms with Crippen molar-refractivity contribution in [3.05, 3.63) is 52.7 Å². The number of nitrogens with zero attached hydrogens (tertiary/aromatic N) is 1. The quantitative estimate of drug-likeness (QED) is 0.393. The summed E-state index contributed by atoms with van der Waals surface area (Å²) in [6.45, 7) is 0. The summed E-state index contributed by atoms with van der Waals surface area (Å²) in [5.41, 5.74) is 4.54. The molecule has 0 bridgehead atoms. The van der Waals surface area contributed by atoms with Gasteiger partial charge in [-0.15, -0.1) is 0 Å². The molecule has 3 aromatic rings. The number of carbonyl (C=O) groups is 1. The summed E-state index contributed by atoms with van der Waals surface area (Å²) in [6.07, 6.45) is 2.96. The summed E-state index contributed by atoms with van der Waals surface area (Å²) in [6, 6.07) is 8.66. The molecule has 2 heterocycles. The molecule has 0 unspecified atom stereocenters. The summed E-state index contributed by atoms with van der Waals surface area (Å²) in [5, 5.41) is 3.82. The Kier molecular flexibility index (Phi) is 3.18. The second-order valence-corrected chi connectivity index (χ2v) is 4.46. The lowest BCUT2D eigenvalue weighted by atomic mass is 10.2. The average Bonchev–Trinajstić information content (AvgIpc) is 3.05. The van der Waals surface area contributed by atoms with Crippen LogP contribution in [0.25, 0.3) is 11.0 Å². The van der Waals surface area contributed by atoms with Crippen molar-refractivity contribution in [3.63, 3.8) is 0 Å². The zero-order valence-electron chi connectivity index (χ0n) is 10.2. The number of H-pyrrole nitrogens is 2. The molecule has 0 aliphatic heterocycles. The highest BCUT2D eigenvalue weighted by molar-refractivity contribution is 7.71. The highest BCUT2D eigenvalue weighted by Crippen LogP contribution is 2.12. The molecule has 0 aliphatic rings. The van der Waals surface area contributed by atoms with Crippen molar-refractivity contribution in [2.45, 2.75) is 0 Å². The number of aromatic amines is 2. The van der Waals surface area contributed by atoms with Gasteiger partial charge in [-0.1, -0.05) is 0 Å². The number of hydrogen-bond donors (Lipinski definition) is 3. The van der Waals surface area contributed by atoms with E-state index in [4.69, 9.17) is 16.6 Å². The Labute approximate surface area is 118 Å². The Bertz CT molecular complexity index is 830. The number of imidazole rings is 1. The predicted octanol–water partition coefficient (Wildman–Crippen LogP) is 2.58. The van der Waals surface area contributed by atoms with Crippen molar-refractivity contribution in [2.75, 3.05) is 0 Å². The van der Waals surface area contributed by atoms with Crippen LogP contribution >= 0.6 is 12.2 Å². The van der Waals surface area contributed by atoms with Crippen LogP contribution in [-0.4, -0.2) is 22.1 Å². The van der Waals surface area contributed by atoms with Crippen molar-refractivity contribution in [2.24, 2.45) is 5.10 Å². The van der Waals surface area contributed by atoms with E-state index in [-0.39, 0.29) is 5.91 Å². The number of amides is 1. The summed E-state index contributed by atoms with van der Waals surface area (Å²) in [7, 11) is 0. The maximum Gasteiger partial charge on any atom is 0.271 e. The van der Waals surface area contributed by atoms with Gasteiger partial charge in [0.2, 0.25) is 0 Å². The number of benzene rings is 1. The molecule has 3 N–H and O–H groups in total. The molecule has 0 saturated heterocycles. The highest BCUT2D eigenvalue weighted by Gasteiger charge is 2.06. The topological polar surface area (TPSA) is 86.2 Å². The first-order chi connectivity index (χ1) is 9.72. The van der Waals surface area contributed by atoms with Crippen LogP contribution in [0.4, 0.5) is 0 Å². The molecule has 6 nitrogen and oxygen atoms in total. The van der Waals surface area contributed by atoms with Gasteiger partial charge in [-0.25, -0.2) is 5.43 Å². The second kappa shape index (κ2) is 5.14. The van der Waals surface area contributed by atoms with Gasteiger partial charge < -0.3 is 14.4 Å². The van der Waals surface area contributed by atoms with E-state index in [9.17, 15) is 4.79 Å². The molecule has 7 heteroatoms. The maximum atomic E-state index is 11.9. The van der Waals surface area contributed by atoms with Crippen LogP contribution < -0.4 is 5.43 Å². The Morgan fingerprint density at radius 1 is 1.30 bits per heavy atom. The van der Waals surface area contributed by atoms with E-state index in [1.54, 1.807) is 30.3 Å². The van der Waals surface area contributed by atoms with E-state index in [1.807, 2.05) is 0 Å². The molecule has 0 saturated carbocycles. The summed E-state index contributed by atoms with van der Waals surface area (Å²) < 4.78 is 5.58. The van der Waals surface area contributed by atoms with Gasteiger partial charge in [0.05, 0.1) is 23.5 Å². The Hall–Kier alpha value is -2.67. The Morgan fingerprint density at radius 2 is 2.15 bits per heavy atom. The lowest BCUT2D eigenvalue weighted by Crippen LogP contribution is -2.17. The van der Waals surface area contributed by atoms with E-state index in [1.165, 1.54) is 12.5 Å². The Morgan fingerprint density at radius 3 is 2.95 bits per heavy atom. The molecule has 3 rings (SSSR count). The van der Waals surface area contributed by atoms with Crippen LogP contribution in [0, 0.1) is 4.77 Å². The molecule has 0 aliphatic carbocycles. The Balaban J connectivity index is 1.76. The second-order valence-electron chi connectivity index (χ2n) is 4.05. The normalized spacial score (nSPS) is 11.2. The van der Waals surface area contributed by atoms with E-state index in [2.05, 4.69) is 20.5 Å². The average molecular weight is 286 g/mol. The molecule has 0 fully saturated rings. The first-order valence-electron chi connectivity index (χ1n) is 5.81. The van der Waals surface area contributed by atoms with Crippen LogP contribution in [0.3, 0.4) is 0 Å². The van der Waals surface area contributed by atoms with Gasteiger partial charge in [0, 0.05) is 5.56 Å². The van der Waals surface area contributed by atoms with Crippen LogP contribution in [0.15, 0.2) is 46.1 Å². The molecule has 100 valence electrons. The molecule has 1 amide bonds. The molecule has 2 aromatic heterocycles. The van der Waals surface area contributed by atoms with Crippen molar-refractivity contribution in [1.29, 1.82) is 0 Å². The third-order valence-electron chi connectivity index (χ3n) is 2.68. The van der Waals surface area contributed by atoms with E-state index >= 15 is 0 Å². The number of furan rings is 1. The minimum Gasteiger partial charge on any atom is -0.463 e. The molecule has 0 atom stereocenters. The molecular formula is C13H10N4O2S. The number of rotatable bonds is 3. The van der Waals surface area contributed by atoms with E-state index in [0.717, 1.165) is 11.0 Å². The smallest absolute Gasteiger partial charge is 0.271 e. The third kappa shape index (κ3) is 2.52. The van der Waals surface area contributed by atoms with Crippen molar-refractivity contribution in [1.82, 2.24) is 15.4 Å². The maximum absolute atomic E-state index is 11.9. The fourth-order valence-corrected chi connectivity index (χ4v) is 1.98. The fourth-order valence-electron chi connectivity index (χ4n) is 1.76. The van der Waals surface area contributed by atoms with E-state index in [0.29, 0.717) is 16.1 Å². The lowest BCUT2D eigenvalue weighted by molar-refractivity contribution is 0.0955. The van der Waals surface area contributed by atoms with Crippen molar-refractivity contribution < 1.29 is 9.21 Å². The minimum atomic E-state index is -0.310. The van der Waals surface area contributed by atoms with Crippen LogP contribution in [0.5, 0.6) is 0 Å². The van der Waals surface area contributed by atoms with Gasteiger partial charge in [-0.2, -0.15) is 5.10 Å². The van der Waals surface area contributed by atoms with E-state index < -0.39 is 0 Å². The minimum absolute atomic E-state index is 0.310. The number of nitrogens with one attached hydrogen (secondary N) is 3. The number of fused-ring (bicyclic) bond motifs is 1. The zero-order chi connectivity index (χ0) is 13.9. The number of carbonyl (C=O) groups excluding carboxylic acids is 1. The fraction of sp³-hybridized carbons (Fsp3) is 0. The summed E-state index contributed by atoms with van der Waals surface area (Å²) >= 11 is 4.99. The summed E-state index contributed by atoms with van der Waals surface area (Å²) in [5.74, 6) is 0.255. The third-order valence-corrected chi connectivity index (χ3v) is 2.88. The highest BCUT2D eigenvalue weighted by atomic mass is 32.1. The van der Waals surface area contributed by atoms with Crippen LogP contribution in [0.2, 0.25) is 0 Å². The first-order valence-corrected chi connectivity index (χ1v) is 6.22. The lowest BCUT2D eigenvalue weighted by Gasteiger charge is -1.99. The van der Waals surface area contributed by atoms with Crippen LogP contribution in [-0.2, 0) is 0 Å². The number of hydrogen-bond acceptors (Lipinski definition) is 4. The SMILES string of the molecule is O=C(N/N=C\c1ccco1)c1ccc2[nH]c(=S)[nH]c2c1. The monoisotopic (exact) mass is 286 g/mol. The first kappa shape index (κ1) is 12.4. The summed E-state index contributed by atoms with van der Waals surface area (Å²) in [4.78, 5) is 17.8. The standard InChI is InChI=1S/C13H10N4O2S/c18-12(17-14-7-9-2-1-5-19-9)8-3-4-10-11(6-8)16-13(20)15-10/h1-7H,(H,17,18)(H2,15,16,20)/b14-7-. The molecule has 0 spiro atoms. The van der Waals surface area contributed by atoms with Gasteiger partial charge in [0.1, 0.15) is 5.76 Å². The van der Waals surface area contributed by atoms with Crippen LogP contribution in [0.1, 0.15) is 16.1 Å². The van der Waals surface area contributed by atoms with Gasteiger partial charge in [0.15, 0.2) is 4.77 Å². The molecule has 0 radical (unpaired) electrons. The zero-order valence-corrected chi connectivity index (χ0v) is 11.0. The van der Waals surface area contributed by atoms with Gasteiger partial charge in [-0.3, -0.25) is 4.79 Å². The number of hydrazone groups is 1. The number of aromatic nitrogens is 2. The van der Waals surface area contributed by atoms with Gasteiger partial charge in [-0.05, 0) is 42.5 Å². The van der Waals surface area contributed by atoms with Crippen molar-refractivity contribution in [3.8, 4) is 0 Å². The molecule has 20 heavy (non-hydrogen) atoms. The van der Waals surface area contributed by atoms with Gasteiger partial charge in [0.25, 0.3) is 5.91 Å².